The summed E-state index contributed by atoms with van der Waals surface area (Å²) in [5.41, 5.74) is 0. The molecule has 0 N–H and O–H groups in total. The van der Waals surface area contributed by atoms with Crippen LogP contribution in [0, 0.1) is 0 Å². The van der Waals surface area contributed by atoms with Crippen LogP contribution in [0.15, 0.2) is 0 Å². The van der Waals surface area contributed by atoms with Gasteiger partial charge in [-0.15, -0.1) is 15.3 Å². The van der Waals surface area contributed by atoms with Crippen LogP contribution in [0.5, 0.6) is 0 Å². The Hall–Kier alpha value is 0.914. The molecule has 0 aromatic carbocycles. The van der Waals surface area contributed by atoms with Crippen molar-refractivity contribution in [1.82, 2.24) is 0 Å². The Balaban J connectivity index is 4.23. The summed E-state index contributed by atoms with van der Waals surface area (Å²) in [7, 11) is -0.878. The molecular weight excluding hydrogens is 220 g/mol. The first-order valence-corrected chi connectivity index (χ1v) is 11.9. The van der Waals surface area contributed by atoms with Crippen molar-refractivity contribution in [3.63, 3.8) is 0 Å². The third kappa shape index (κ3) is 3.35. The van der Waals surface area contributed by atoms with E-state index >= 15 is 0 Å². The van der Waals surface area contributed by atoms with Gasteiger partial charge >= 0.3 is 0 Å². The molecule has 0 fully saturated rings. The molecule has 0 rings (SSSR count). The van der Waals surface area contributed by atoms with Gasteiger partial charge in [-0.05, 0) is 5.04 Å². The molecular formula is C7H18BrSi2. The van der Waals surface area contributed by atoms with Gasteiger partial charge in [-0.3, -0.25) is 0 Å². The minimum Gasteiger partial charge on any atom is -0.132 e. The number of hydrogen-bond donors (Lipinski definition) is 0. The molecule has 0 bridgehead atoms. The third-order valence-electron chi connectivity index (χ3n) is 1.32. The SMILES string of the molecule is CC(C)(C)[Si](Br)[Si](C)(C)C. The largest absolute Gasteiger partial charge is 0.132 e. The summed E-state index contributed by atoms with van der Waals surface area (Å²) >= 11 is 3.88. The van der Waals surface area contributed by atoms with E-state index in [0.717, 1.165) is 0 Å². The van der Waals surface area contributed by atoms with Gasteiger partial charge in [0.05, 0.1) is 7.59 Å². The maximum atomic E-state index is 3.88. The molecule has 0 unspecified atom stereocenters. The van der Waals surface area contributed by atoms with Crippen molar-refractivity contribution in [3.05, 3.63) is 0 Å². The Morgan fingerprint density at radius 3 is 1.40 bits per heavy atom. The Morgan fingerprint density at radius 1 is 1.10 bits per heavy atom. The molecule has 10 heavy (non-hydrogen) atoms. The van der Waals surface area contributed by atoms with E-state index in [0.29, 0.717) is 5.04 Å². The molecule has 0 aliphatic rings. The normalized spacial score (nSPS) is 14.4. The second kappa shape index (κ2) is 3.11. The quantitative estimate of drug-likeness (QED) is 0.484. The maximum absolute atomic E-state index is 3.88. The fourth-order valence-electron chi connectivity index (χ4n) is 1.12. The number of rotatable bonds is 1. The van der Waals surface area contributed by atoms with Crippen molar-refractivity contribution in [3.8, 4) is 0 Å². The van der Waals surface area contributed by atoms with E-state index in [2.05, 4.69) is 55.7 Å². The van der Waals surface area contributed by atoms with Crippen LogP contribution < -0.4 is 0 Å². The molecule has 0 aliphatic heterocycles. The first-order valence-electron chi connectivity index (χ1n) is 3.69. The van der Waals surface area contributed by atoms with Crippen LogP contribution in [0.4, 0.5) is 0 Å². The van der Waals surface area contributed by atoms with Crippen LogP contribution in [0.3, 0.4) is 0 Å². The zero-order valence-electron chi connectivity index (χ0n) is 7.88. The second-order valence-corrected chi connectivity index (χ2v) is 22.0. The van der Waals surface area contributed by atoms with Crippen molar-refractivity contribution < 1.29 is 0 Å². The lowest BCUT2D eigenvalue weighted by Crippen LogP contribution is -2.44. The van der Waals surface area contributed by atoms with Gasteiger partial charge in [-0.1, -0.05) is 40.4 Å². The summed E-state index contributed by atoms with van der Waals surface area (Å²) in [5.74, 6) is 0. The Kier molecular flexibility index (Phi) is 3.39. The van der Waals surface area contributed by atoms with E-state index in [-0.39, 0.29) is 6.93 Å². The summed E-state index contributed by atoms with van der Waals surface area (Å²) in [6.45, 7) is 14.1. The minimum absolute atomic E-state index is 0.269. The fourth-order valence-corrected chi connectivity index (χ4v) is 10.1. The molecule has 0 atom stereocenters. The van der Waals surface area contributed by atoms with Gasteiger partial charge in [-0.2, -0.15) is 0 Å². The van der Waals surface area contributed by atoms with Crippen LogP contribution in [-0.4, -0.2) is 14.5 Å². The molecule has 0 spiro atoms. The minimum atomic E-state index is -0.878. The molecule has 0 nitrogen and oxygen atoms in total. The van der Waals surface area contributed by atoms with Crippen LogP contribution >= 0.6 is 15.3 Å². The van der Waals surface area contributed by atoms with Gasteiger partial charge in [0, 0.05) is 0 Å². The van der Waals surface area contributed by atoms with Crippen LogP contribution in [0.2, 0.25) is 24.7 Å². The van der Waals surface area contributed by atoms with Gasteiger partial charge in [0.1, 0.15) is 6.93 Å². The van der Waals surface area contributed by atoms with Crippen molar-refractivity contribution in [1.29, 1.82) is 0 Å². The molecule has 0 saturated carbocycles. The van der Waals surface area contributed by atoms with Gasteiger partial charge in [0.25, 0.3) is 0 Å². The monoisotopic (exact) mass is 237 g/mol. The summed E-state index contributed by atoms with van der Waals surface area (Å²) in [5, 5.41) is 0.523. The van der Waals surface area contributed by atoms with Gasteiger partial charge in [0.15, 0.2) is 0 Å². The highest BCUT2D eigenvalue weighted by Gasteiger charge is 2.36. The topological polar surface area (TPSA) is 0 Å². The summed E-state index contributed by atoms with van der Waals surface area (Å²) < 4.78 is 0. The van der Waals surface area contributed by atoms with E-state index in [1.807, 2.05) is 0 Å². The molecule has 0 saturated heterocycles. The number of halogens is 1. The molecule has 0 aliphatic carbocycles. The van der Waals surface area contributed by atoms with Gasteiger partial charge in [0.2, 0.25) is 0 Å². The highest BCUT2D eigenvalue weighted by atomic mass is 79.9. The van der Waals surface area contributed by atoms with Gasteiger partial charge < -0.3 is 0 Å². The van der Waals surface area contributed by atoms with E-state index in [1.165, 1.54) is 0 Å². The van der Waals surface area contributed by atoms with Crippen LogP contribution in [0.1, 0.15) is 20.8 Å². The first-order chi connectivity index (χ1) is 4.15. The van der Waals surface area contributed by atoms with Crippen molar-refractivity contribution in [2.75, 3.05) is 0 Å². The fraction of sp³-hybridized carbons (Fsp3) is 1.00. The summed E-state index contributed by atoms with van der Waals surface area (Å²) in [6, 6.07) is 0. The second-order valence-electron chi connectivity index (χ2n) is 4.81. The average molecular weight is 238 g/mol. The van der Waals surface area contributed by atoms with Crippen LogP contribution in [-0.2, 0) is 0 Å². The standard InChI is InChI=1S/C7H18BrSi2/c1-7(2,3)9(8)10(4,5)6/h1-6H3. The smallest absolute Gasteiger partial charge is 0.130 e. The third-order valence-corrected chi connectivity index (χ3v) is 24.4. The van der Waals surface area contributed by atoms with Crippen molar-refractivity contribution >= 4 is 29.8 Å². The van der Waals surface area contributed by atoms with E-state index in [9.17, 15) is 0 Å². The Labute approximate surface area is 75.4 Å². The zero-order chi connectivity index (χ0) is 8.58. The highest BCUT2D eigenvalue weighted by molar-refractivity contribution is 9.26. The Morgan fingerprint density at radius 2 is 1.40 bits per heavy atom. The van der Waals surface area contributed by atoms with E-state index < -0.39 is 7.59 Å². The van der Waals surface area contributed by atoms with Crippen molar-refractivity contribution in [2.24, 2.45) is 0 Å². The molecule has 0 amide bonds. The lowest BCUT2D eigenvalue weighted by atomic mass is 10.3. The molecule has 61 valence electrons. The average Bonchev–Trinajstić information content (AvgIpc) is 1.59. The lowest BCUT2D eigenvalue weighted by molar-refractivity contribution is 0.758. The molecule has 3 heteroatoms. The van der Waals surface area contributed by atoms with E-state index in [4.69, 9.17) is 0 Å². The molecule has 1 radical (unpaired) electrons. The molecule has 0 aromatic rings. The maximum Gasteiger partial charge on any atom is 0.130 e. The lowest BCUT2D eigenvalue weighted by Gasteiger charge is -2.32. The molecule has 0 aromatic heterocycles. The predicted molar refractivity (Wildman–Crippen MR) is 57.7 cm³/mol. The van der Waals surface area contributed by atoms with Crippen molar-refractivity contribution in [2.45, 2.75) is 45.5 Å². The zero-order valence-corrected chi connectivity index (χ0v) is 11.5. The predicted octanol–water partition coefficient (Wildman–Crippen LogP) is 3.59. The summed E-state index contributed by atoms with van der Waals surface area (Å²) in [4.78, 5) is 0. The van der Waals surface area contributed by atoms with Gasteiger partial charge in [-0.25, -0.2) is 0 Å². The summed E-state index contributed by atoms with van der Waals surface area (Å²) in [6.07, 6.45) is 0. The Bertz CT molecular complexity index is 95.8. The molecule has 0 heterocycles. The highest BCUT2D eigenvalue weighted by Crippen LogP contribution is 2.35. The first kappa shape index (κ1) is 10.9. The van der Waals surface area contributed by atoms with E-state index in [1.54, 1.807) is 0 Å². The number of hydrogen-bond acceptors (Lipinski definition) is 0. The van der Waals surface area contributed by atoms with Crippen LogP contribution in [0.25, 0.3) is 0 Å².